The van der Waals surface area contributed by atoms with Crippen molar-refractivity contribution in [2.45, 2.75) is 26.3 Å². The van der Waals surface area contributed by atoms with Crippen molar-refractivity contribution in [3.05, 3.63) is 29.1 Å². The van der Waals surface area contributed by atoms with Crippen LogP contribution < -0.4 is 10.5 Å². The number of halogens is 1. The fourth-order valence-corrected chi connectivity index (χ4v) is 1.45. The molecule has 0 aliphatic rings. The topological polar surface area (TPSA) is 35.2 Å². The first-order valence-electron chi connectivity index (χ1n) is 4.63. The molecule has 1 aromatic carbocycles. The standard InChI is InChI=1S/C11H16FNO/c1-7-4-9(6-8(2)13)11(12)10(5-7)14-3/h4-5,8H,6,13H2,1-3H3. The van der Waals surface area contributed by atoms with E-state index in [2.05, 4.69) is 0 Å². The monoisotopic (exact) mass is 197 g/mol. The lowest BCUT2D eigenvalue weighted by Crippen LogP contribution is -2.18. The molecular weight excluding hydrogens is 181 g/mol. The average Bonchev–Trinajstić information content (AvgIpc) is 2.09. The zero-order valence-corrected chi connectivity index (χ0v) is 8.80. The maximum absolute atomic E-state index is 13.6. The molecular formula is C11H16FNO. The van der Waals surface area contributed by atoms with Crippen molar-refractivity contribution < 1.29 is 9.13 Å². The molecule has 1 aromatic rings. The third kappa shape index (κ3) is 2.45. The van der Waals surface area contributed by atoms with Gasteiger partial charge in [0.2, 0.25) is 0 Å². The van der Waals surface area contributed by atoms with Gasteiger partial charge >= 0.3 is 0 Å². The minimum Gasteiger partial charge on any atom is -0.494 e. The molecule has 2 nitrogen and oxygen atoms in total. The summed E-state index contributed by atoms with van der Waals surface area (Å²) < 4.78 is 18.6. The van der Waals surface area contributed by atoms with Gasteiger partial charge in [-0.05, 0) is 37.5 Å². The molecule has 0 aromatic heterocycles. The van der Waals surface area contributed by atoms with E-state index < -0.39 is 0 Å². The Kier molecular flexibility index (Phi) is 3.47. The van der Waals surface area contributed by atoms with Crippen molar-refractivity contribution in [3.8, 4) is 5.75 Å². The molecule has 0 radical (unpaired) electrons. The molecule has 14 heavy (non-hydrogen) atoms. The van der Waals surface area contributed by atoms with E-state index >= 15 is 0 Å². The van der Waals surface area contributed by atoms with Crippen molar-refractivity contribution in [2.24, 2.45) is 5.73 Å². The zero-order valence-electron chi connectivity index (χ0n) is 8.80. The van der Waals surface area contributed by atoms with E-state index in [0.29, 0.717) is 17.7 Å². The van der Waals surface area contributed by atoms with Crippen LogP contribution >= 0.6 is 0 Å². The first kappa shape index (κ1) is 11.0. The van der Waals surface area contributed by atoms with E-state index in [-0.39, 0.29) is 11.9 Å². The van der Waals surface area contributed by atoms with E-state index in [4.69, 9.17) is 10.5 Å². The number of benzene rings is 1. The van der Waals surface area contributed by atoms with Gasteiger partial charge in [-0.15, -0.1) is 0 Å². The SMILES string of the molecule is COc1cc(C)cc(CC(C)N)c1F. The van der Waals surface area contributed by atoms with E-state index in [0.717, 1.165) is 5.56 Å². The third-order valence-electron chi connectivity index (χ3n) is 2.02. The highest BCUT2D eigenvalue weighted by Crippen LogP contribution is 2.23. The van der Waals surface area contributed by atoms with Gasteiger partial charge in [0.05, 0.1) is 7.11 Å². The molecule has 1 atom stereocenters. The third-order valence-corrected chi connectivity index (χ3v) is 2.02. The Morgan fingerprint density at radius 3 is 2.64 bits per heavy atom. The lowest BCUT2D eigenvalue weighted by molar-refractivity contribution is 0.383. The number of nitrogens with two attached hydrogens (primary N) is 1. The van der Waals surface area contributed by atoms with Crippen LogP contribution in [0.2, 0.25) is 0 Å². The van der Waals surface area contributed by atoms with Gasteiger partial charge in [0, 0.05) is 6.04 Å². The Hall–Kier alpha value is -1.09. The fourth-order valence-electron chi connectivity index (χ4n) is 1.45. The summed E-state index contributed by atoms with van der Waals surface area (Å²) in [4.78, 5) is 0. The number of hydrogen-bond donors (Lipinski definition) is 1. The summed E-state index contributed by atoms with van der Waals surface area (Å²) in [5.41, 5.74) is 7.23. The molecule has 0 aliphatic carbocycles. The summed E-state index contributed by atoms with van der Waals surface area (Å²) >= 11 is 0. The summed E-state index contributed by atoms with van der Waals surface area (Å²) in [6.07, 6.45) is 0.532. The summed E-state index contributed by atoms with van der Waals surface area (Å²) in [6, 6.07) is 3.44. The number of rotatable bonds is 3. The second-order valence-corrected chi connectivity index (χ2v) is 3.62. The molecule has 0 fully saturated rings. The van der Waals surface area contributed by atoms with Crippen LogP contribution in [0.5, 0.6) is 5.75 Å². The molecule has 0 spiro atoms. The molecule has 0 bridgehead atoms. The molecule has 1 unspecified atom stereocenters. The molecule has 1 rings (SSSR count). The van der Waals surface area contributed by atoms with Crippen LogP contribution in [-0.2, 0) is 6.42 Å². The molecule has 0 amide bonds. The van der Waals surface area contributed by atoms with Crippen LogP contribution in [0.15, 0.2) is 12.1 Å². The number of hydrogen-bond acceptors (Lipinski definition) is 2. The van der Waals surface area contributed by atoms with Crippen LogP contribution in [0.25, 0.3) is 0 Å². The first-order valence-corrected chi connectivity index (χ1v) is 4.63. The molecule has 0 aliphatic heterocycles. The van der Waals surface area contributed by atoms with Crippen LogP contribution in [0, 0.1) is 12.7 Å². The molecule has 3 heteroatoms. The number of aryl methyl sites for hydroxylation is 1. The van der Waals surface area contributed by atoms with Crippen LogP contribution in [0.4, 0.5) is 4.39 Å². The van der Waals surface area contributed by atoms with E-state index in [1.807, 2.05) is 13.8 Å². The first-order chi connectivity index (χ1) is 6.54. The predicted molar refractivity (Wildman–Crippen MR) is 55.0 cm³/mol. The Morgan fingerprint density at radius 2 is 2.14 bits per heavy atom. The molecule has 0 saturated carbocycles. The van der Waals surface area contributed by atoms with Gasteiger partial charge in [-0.2, -0.15) is 0 Å². The van der Waals surface area contributed by atoms with E-state index in [1.165, 1.54) is 7.11 Å². The second kappa shape index (κ2) is 4.42. The van der Waals surface area contributed by atoms with Gasteiger partial charge in [-0.25, -0.2) is 4.39 Å². The van der Waals surface area contributed by atoms with Crippen LogP contribution in [-0.4, -0.2) is 13.2 Å². The molecule has 2 N–H and O–H groups in total. The highest BCUT2D eigenvalue weighted by Gasteiger charge is 2.11. The minimum absolute atomic E-state index is 0.0454. The lowest BCUT2D eigenvalue weighted by Gasteiger charge is -2.10. The molecule has 0 saturated heterocycles. The molecule has 0 heterocycles. The van der Waals surface area contributed by atoms with Crippen molar-refractivity contribution in [3.63, 3.8) is 0 Å². The van der Waals surface area contributed by atoms with Crippen molar-refractivity contribution in [1.29, 1.82) is 0 Å². The summed E-state index contributed by atoms with van der Waals surface area (Å²) in [6.45, 7) is 3.76. The highest BCUT2D eigenvalue weighted by molar-refractivity contribution is 5.36. The Balaban J connectivity index is 3.08. The lowest BCUT2D eigenvalue weighted by atomic mass is 10.0. The highest BCUT2D eigenvalue weighted by atomic mass is 19.1. The summed E-state index contributed by atoms with van der Waals surface area (Å²) in [5, 5.41) is 0. The van der Waals surface area contributed by atoms with Gasteiger partial charge in [0.15, 0.2) is 11.6 Å². The van der Waals surface area contributed by atoms with Gasteiger partial charge in [0.25, 0.3) is 0 Å². The van der Waals surface area contributed by atoms with Gasteiger partial charge in [-0.1, -0.05) is 6.07 Å². The zero-order chi connectivity index (χ0) is 10.7. The average molecular weight is 197 g/mol. The van der Waals surface area contributed by atoms with Gasteiger partial charge < -0.3 is 10.5 Å². The van der Waals surface area contributed by atoms with Crippen molar-refractivity contribution in [1.82, 2.24) is 0 Å². The van der Waals surface area contributed by atoms with Gasteiger partial charge in [0.1, 0.15) is 0 Å². The Morgan fingerprint density at radius 1 is 1.50 bits per heavy atom. The second-order valence-electron chi connectivity index (χ2n) is 3.62. The number of ether oxygens (including phenoxy) is 1. The normalized spacial score (nSPS) is 12.6. The minimum atomic E-state index is -0.296. The largest absolute Gasteiger partial charge is 0.494 e. The predicted octanol–water partition coefficient (Wildman–Crippen LogP) is 2.03. The Labute approximate surface area is 83.9 Å². The number of methoxy groups -OCH3 is 1. The van der Waals surface area contributed by atoms with E-state index in [9.17, 15) is 4.39 Å². The smallest absolute Gasteiger partial charge is 0.168 e. The van der Waals surface area contributed by atoms with Crippen LogP contribution in [0.1, 0.15) is 18.1 Å². The van der Waals surface area contributed by atoms with Crippen molar-refractivity contribution >= 4 is 0 Å². The van der Waals surface area contributed by atoms with Crippen molar-refractivity contribution in [2.75, 3.05) is 7.11 Å². The fraction of sp³-hybridized carbons (Fsp3) is 0.455. The Bertz CT molecular complexity index is 323. The quantitative estimate of drug-likeness (QED) is 0.804. The van der Waals surface area contributed by atoms with Gasteiger partial charge in [-0.3, -0.25) is 0 Å². The maximum Gasteiger partial charge on any atom is 0.168 e. The summed E-state index contributed by atoms with van der Waals surface area (Å²) in [7, 11) is 1.47. The van der Waals surface area contributed by atoms with E-state index in [1.54, 1.807) is 12.1 Å². The summed E-state index contributed by atoms with van der Waals surface area (Å²) in [5.74, 6) is -0.00366. The van der Waals surface area contributed by atoms with Crippen LogP contribution in [0.3, 0.4) is 0 Å². The molecule has 78 valence electrons. The maximum atomic E-state index is 13.6.